The fourth-order valence-corrected chi connectivity index (χ4v) is 3.85. The van der Waals surface area contributed by atoms with Gasteiger partial charge in [-0.15, -0.1) is 0 Å². The minimum atomic E-state index is -0.880. The molecule has 0 aliphatic heterocycles. The zero-order valence-corrected chi connectivity index (χ0v) is 17.2. The molecule has 6 heteroatoms. The van der Waals surface area contributed by atoms with Crippen LogP contribution in [0.5, 0.6) is 0 Å². The molecule has 5 atom stereocenters. The molecule has 5 unspecified atom stereocenters. The van der Waals surface area contributed by atoms with Gasteiger partial charge in [-0.3, -0.25) is 14.4 Å². The first-order valence-corrected chi connectivity index (χ1v) is 10.5. The number of carbonyl (C=O) groups excluding carboxylic acids is 2. The second kappa shape index (κ2) is 12.8. The van der Waals surface area contributed by atoms with E-state index in [0.29, 0.717) is 25.2 Å². The number of hydrogen-bond acceptors (Lipinski definition) is 5. The summed E-state index contributed by atoms with van der Waals surface area (Å²) < 4.78 is 0. The molecule has 160 valence electrons. The lowest BCUT2D eigenvalue weighted by molar-refractivity contribution is -0.137. The van der Waals surface area contributed by atoms with Crippen LogP contribution in [0.2, 0.25) is 0 Å². The second-order valence-electron chi connectivity index (χ2n) is 8.20. The van der Waals surface area contributed by atoms with Crippen molar-refractivity contribution < 1.29 is 29.7 Å². The molecule has 0 radical (unpaired) electrons. The van der Waals surface area contributed by atoms with Gasteiger partial charge in [0.05, 0.1) is 12.2 Å². The van der Waals surface area contributed by atoms with Gasteiger partial charge in [-0.25, -0.2) is 0 Å². The normalized spacial score (nSPS) is 24.6. The lowest BCUT2D eigenvalue weighted by Crippen LogP contribution is -2.22. The molecule has 28 heavy (non-hydrogen) atoms. The fraction of sp³-hybridized carbons (Fsp3) is 0.773. The van der Waals surface area contributed by atoms with Gasteiger partial charge >= 0.3 is 5.97 Å². The highest BCUT2D eigenvalue weighted by molar-refractivity contribution is 5.90. The summed E-state index contributed by atoms with van der Waals surface area (Å²) in [6.07, 6.45) is 7.19. The summed E-state index contributed by atoms with van der Waals surface area (Å²) in [6, 6.07) is 0. The number of unbranched alkanes of at least 4 members (excludes halogenated alkanes) is 2. The molecule has 6 nitrogen and oxygen atoms in total. The van der Waals surface area contributed by atoms with Crippen molar-refractivity contribution in [1.82, 2.24) is 0 Å². The van der Waals surface area contributed by atoms with Crippen LogP contribution in [0.25, 0.3) is 0 Å². The summed E-state index contributed by atoms with van der Waals surface area (Å²) >= 11 is 0. The van der Waals surface area contributed by atoms with Crippen molar-refractivity contribution >= 4 is 17.5 Å². The highest BCUT2D eigenvalue weighted by Crippen LogP contribution is 2.33. The molecule has 0 saturated heterocycles. The maximum absolute atomic E-state index is 12.2. The number of carboxylic acids is 1. The molecule has 0 bridgehead atoms. The number of aliphatic hydroxyl groups is 2. The predicted molar refractivity (Wildman–Crippen MR) is 107 cm³/mol. The van der Waals surface area contributed by atoms with Crippen LogP contribution in [0.15, 0.2) is 12.2 Å². The Labute approximate surface area is 168 Å². The minimum absolute atomic E-state index is 0.0360. The molecule has 0 aromatic heterocycles. The van der Waals surface area contributed by atoms with Gasteiger partial charge in [0, 0.05) is 37.5 Å². The number of carboxylic acid groups (broad SMARTS) is 1. The maximum atomic E-state index is 12.2. The van der Waals surface area contributed by atoms with E-state index in [2.05, 4.69) is 13.8 Å². The van der Waals surface area contributed by atoms with E-state index in [1.54, 1.807) is 12.2 Å². The SMILES string of the molecule is CCCCC(C)CC(O)/C=C/C1C(O)CC(=O)C1CC(=O)CCCCC(=O)O. The molecule has 1 fully saturated rings. The molecule has 1 aliphatic carbocycles. The van der Waals surface area contributed by atoms with Crippen molar-refractivity contribution in [3.8, 4) is 0 Å². The van der Waals surface area contributed by atoms with Crippen molar-refractivity contribution in [3.63, 3.8) is 0 Å². The third-order valence-corrected chi connectivity index (χ3v) is 5.53. The lowest BCUT2D eigenvalue weighted by Gasteiger charge is -2.18. The minimum Gasteiger partial charge on any atom is -0.481 e. The van der Waals surface area contributed by atoms with Crippen molar-refractivity contribution in [1.29, 1.82) is 0 Å². The van der Waals surface area contributed by atoms with Crippen molar-refractivity contribution in [2.45, 2.75) is 90.3 Å². The van der Waals surface area contributed by atoms with Gasteiger partial charge in [-0.1, -0.05) is 45.3 Å². The highest BCUT2D eigenvalue weighted by atomic mass is 16.4. The average Bonchev–Trinajstić information content (AvgIpc) is 2.88. The van der Waals surface area contributed by atoms with Crippen LogP contribution in [-0.4, -0.2) is 45.1 Å². The first-order valence-electron chi connectivity index (χ1n) is 10.5. The van der Waals surface area contributed by atoms with Gasteiger partial charge in [0.25, 0.3) is 0 Å². The lowest BCUT2D eigenvalue weighted by atomic mass is 9.87. The van der Waals surface area contributed by atoms with E-state index in [-0.39, 0.29) is 37.2 Å². The zero-order chi connectivity index (χ0) is 21.1. The molecule has 1 saturated carbocycles. The molecule has 3 N–H and O–H groups in total. The number of aliphatic hydroxyl groups excluding tert-OH is 2. The maximum Gasteiger partial charge on any atom is 0.303 e. The summed E-state index contributed by atoms with van der Waals surface area (Å²) in [5.74, 6) is -1.68. The quantitative estimate of drug-likeness (QED) is 0.307. The van der Waals surface area contributed by atoms with E-state index in [9.17, 15) is 24.6 Å². The van der Waals surface area contributed by atoms with Crippen LogP contribution in [0.1, 0.15) is 78.1 Å². The summed E-state index contributed by atoms with van der Waals surface area (Å²) in [4.78, 5) is 34.9. The van der Waals surface area contributed by atoms with Gasteiger partial charge < -0.3 is 15.3 Å². The smallest absolute Gasteiger partial charge is 0.303 e. The van der Waals surface area contributed by atoms with Crippen LogP contribution in [0.3, 0.4) is 0 Å². The largest absolute Gasteiger partial charge is 0.481 e. The fourth-order valence-electron chi connectivity index (χ4n) is 3.85. The van der Waals surface area contributed by atoms with E-state index >= 15 is 0 Å². The van der Waals surface area contributed by atoms with Gasteiger partial charge in [0.2, 0.25) is 0 Å². The number of aliphatic carboxylic acids is 1. The number of rotatable bonds is 14. The Kier molecular flexibility index (Phi) is 11.2. The molecule has 0 spiro atoms. The van der Waals surface area contributed by atoms with E-state index < -0.39 is 30.0 Å². The molecule has 0 aromatic rings. The monoisotopic (exact) mass is 396 g/mol. The number of ketones is 2. The topological polar surface area (TPSA) is 112 Å². The van der Waals surface area contributed by atoms with Crippen LogP contribution < -0.4 is 0 Å². The second-order valence-corrected chi connectivity index (χ2v) is 8.20. The summed E-state index contributed by atoms with van der Waals surface area (Å²) in [7, 11) is 0. The van der Waals surface area contributed by atoms with Crippen molar-refractivity contribution in [2.75, 3.05) is 0 Å². The molecular weight excluding hydrogens is 360 g/mol. The first kappa shape index (κ1) is 24.5. The molecule has 0 heterocycles. The Morgan fingerprint density at radius 1 is 1.21 bits per heavy atom. The molecule has 0 aromatic carbocycles. The Morgan fingerprint density at radius 3 is 2.54 bits per heavy atom. The van der Waals surface area contributed by atoms with Crippen LogP contribution in [0, 0.1) is 17.8 Å². The number of hydrogen-bond donors (Lipinski definition) is 3. The van der Waals surface area contributed by atoms with Crippen LogP contribution >= 0.6 is 0 Å². The van der Waals surface area contributed by atoms with Gasteiger partial charge in [-0.2, -0.15) is 0 Å². The van der Waals surface area contributed by atoms with E-state index in [0.717, 1.165) is 19.3 Å². The van der Waals surface area contributed by atoms with Crippen LogP contribution in [0.4, 0.5) is 0 Å². The third kappa shape index (κ3) is 9.11. The van der Waals surface area contributed by atoms with E-state index in [1.807, 2.05) is 0 Å². The van der Waals surface area contributed by atoms with E-state index in [4.69, 9.17) is 5.11 Å². The highest BCUT2D eigenvalue weighted by Gasteiger charge is 2.40. The number of carbonyl (C=O) groups is 3. The van der Waals surface area contributed by atoms with Crippen molar-refractivity contribution in [2.24, 2.45) is 17.8 Å². The van der Waals surface area contributed by atoms with Gasteiger partial charge in [0.1, 0.15) is 11.6 Å². The number of Topliss-reactive ketones (excluding diaryl/α,β-unsaturated/α-hetero) is 2. The van der Waals surface area contributed by atoms with E-state index in [1.165, 1.54) is 0 Å². The van der Waals surface area contributed by atoms with Crippen LogP contribution in [-0.2, 0) is 14.4 Å². The van der Waals surface area contributed by atoms with Gasteiger partial charge in [0.15, 0.2) is 0 Å². The summed E-state index contributed by atoms with van der Waals surface area (Å²) in [5.41, 5.74) is 0. The Hall–Kier alpha value is -1.53. The third-order valence-electron chi connectivity index (χ3n) is 5.53. The molecule has 0 amide bonds. The summed E-state index contributed by atoms with van der Waals surface area (Å²) in [5, 5.41) is 29.0. The van der Waals surface area contributed by atoms with Gasteiger partial charge in [-0.05, 0) is 25.2 Å². The average molecular weight is 397 g/mol. The molecule has 1 aliphatic rings. The van der Waals surface area contributed by atoms with Crippen molar-refractivity contribution in [3.05, 3.63) is 12.2 Å². The molecular formula is C22H36O6. The Balaban J connectivity index is 2.54. The molecule has 1 rings (SSSR count). The first-order chi connectivity index (χ1) is 13.2. The zero-order valence-electron chi connectivity index (χ0n) is 17.2. The Bertz CT molecular complexity index is 541. The Morgan fingerprint density at radius 2 is 1.89 bits per heavy atom. The summed E-state index contributed by atoms with van der Waals surface area (Å²) in [6.45, 7) is 4.24. The standard InChI is InChI=1S/C22H36O6/c1-3-4-7-15(2)12-17(24)10-11-18-19(21(26)14-20(18)25)13-16(23)8-5-6-9-22(27)28/h10-11,15,17-20,24-25H,3-9,12-14H2,1-2H3,(H,27,28)/b11-10+. The predicted octanol–water partition coefficient (Wildman–Crippen LogP) is 3.29.